The summed E-state index contributed by atoms with van der Waals surface area (Å²) in [5, 5.41) is 9.13. The summed E-state index contributed by atoms with van der Waals surface area (Å²) in [7, 11) is 1.49. The first-order chi connectivity index (χ1) is 12.5. The van der Waals surface area contributed by atoms with Gasteiger partial charge >= 0.3 is 12.1 Å². The fourth-order valence-corrected chi connectivity index (χ4v) is 3.01. The summed E-state index contributed by atoms with van der Waals surface area (Å²) >= 11 is 12.1. The Morgan fingerprint density at radius 2 is 1.89 bits per heavy atom. The second-order valence-electron chi connectivity index (χ2n) is 5.78. The summed E-state index contributed by atoms with van der Waals surface area (Å²) in [5.74, 6) is -1.48. The maximum Gasteiger partial charge on any atom is 0.416 e. The Morgan fingerprint density at radius 1 is 1.22 bits per heavy atom. The quantitative estimate of drug-likeness (QED) is 0.597. The van der Waals surface area contributed by atoms with E-state index < -0.39 is 17.7 Å². The van der Waals surface area contributed by atoms with Crippen LogP contribution in [0.2, 0.25) is 10.0 Å². The molecule has 4 nitrogen and oxygen atoms in total. The highest BCUT2D eigenvalue weighted by molar-refractivity contribution is 6.34. The lowest BCUT2D eigenvalue weighted by Crippen LogP contribution is -2.07. The van der Waals surface area contributed by atoms with Crippen LogP contribution >= 0.6 is 23.2 Å². The number of carboxylic acid groups (broad SMARTS) is 1. The van der Waals surface area contributed by atoms with Crippen LogP contribution in [0.3, 0.4) is 0 Å². The molecule has 2 aromatic carbocycles. The smallest absolute Gasteiger partial charge is 0.416 e. The number of alkyl halides is 3. The van der Waals surface area contributed by atoms with Gasteiger partial charge in [-0.3, -0.25) is 0 Å². The van der Waals surface area contributed by atoms with E-state index in [-0.39, 0.29) is 39.6 Å². The molecule has 146 valence electrons. The molecule has 0 aliphatic heterocycles. The molecule has 0 bridgehead atoms. The van der Waals surface area contributed by atoms with Crippen molar-refractivity contribution in [2.45, 2.75) is 19.0 Å². The number of hydrogen-bond donors (Lipinski definition) is 1. The number of benzene rings is 2. The number of ether oxygens (including phenoxy) is 2. The second kappa shape index (κ2) is 8.37. The molecule has 0 amide bonds. The van der Waals surface area contributed by atoms with E-state index in [1.54, 1.807) is 6.92 Å². The van der Waals surface area contributed by atoms with Crippen LogP contribution in [0.5, 0.6) is 11.5 Å². The Labute approximate surface area is 163 Å². The second-order valence-corrected chi connectivity index (χ2v) is 6.57. The summed E-state index contributed by atoms with van der Waals surface area (Å²) in [6.07, 6.45) is -4.54. The SMILES string of the molecule is COCC(C)c1cc(Oc2ccc(C(F)(F)F)cc2Cl)cc(C(=O)O)c1Cl. The Balaban J connectivity index is 2.45. The van der Waals surface area contributed by atoms with Crippen molar-refractivity contribution in [3.8, 4) is 11.5 Å². The fraction of sp³-hybridized carbons (Fsp3) is 0.278. The van der Waals surface area contributed by atoms with E-state index in [1.165, 1.54) is 19.2 Å². The molecule has 0 spiro atoms. The molecule has 1 unspecified atom stereocenters. The average Bonchev–Trinajstić information content (AvgIpc) is 2.56. The molecule has 0 heterocycles. The summed E-state index contributed by atoms with van der Waals surface area (Å²) in [4.78, 5) is 11.5. The summed E-state index contributed by atoms with van der Waals surface area (Å²) in [6, 6.07) is 5.32. The monoisotopic (exact) mass is 422 g/mol. The molecule has 0 aliphatic carbocycles. The van der Waals surface area contributed by atoms with Crippen LogP contribution in [-0.4, -0.2) is 24.8 Å². The number of carboxylic acids is 1. The van der Waals surface area contributed by atoms with E-state index in [9.17, 15) is 23.1 Å². The lowest BCUT2D eigenvalue weighted by molar-refractivity contribution is -0.137. The molecule has 1 atom stereocenters. The van der Waals surface area contributed by atoms with E-state index in [4.69, 9.17) is 32.7 Å². The third kappa shape index (κ3) is 5.06. The Kier molecular flexibility index (Phi) is 6.62. The predicted molar refractivity (Wildman–Crippen MR) is 95.2 cm³/mol. The lowest BCUT2D eigenvalue weighted by Gasteiger charge is -2.17. The van der Waals surface area contributed by atoms with Crippen molar-refractivity contribution in [2.24, 2.45) is 0 Å². The highest BCUT2D eigenvalue weighted by Gasteiger charge is 2.31. The molecule has 1 N–H and O–H groups in total. The van der Waals surface area contributed by atoms with E-state index in [2.05, 4.69) is 0 Å². The van der Waals surface area contributed by atoms with E-state index in [0.29, 0.717) is 5.56 Å². The molecule has 2 rings (SSSR count). The van der Waals surface area contributed by atoms with Gasteiger partial charge in [-0.05, 0) is 35.9 Å². The highest BCUT2D eigenvalue weighted by Crippen LogP contribution is 2.38. The zero-order valence-corrected chi connectivity index (χ0v) is 15.7. The maximum absolute atomic E-state index is 12.7. The van der Waals surface area contributed by atoms with Crippen LogP contribution in [0.1, 0.15) is 34.3 Å². The van der Waals surface area contributed by atoms with Crippen molar-refractivity contribution in [2.75, 3.05) is 13.7 Å². The number of rotatable bonds is 6. The van der Waals surface area contributed by atoms with Gasteiger partial charge in [0.05, 0.1) is 27.8 Å². The van der Waals surface area contributed by atoms with Gasteiger partial charge in [0, 0.05) is 13.0 Å². The Morgan fingerprint density at radius 3 is 2.41 bits per heavy atom. The summed E-state index contributed by atoms with van der Waals surface area (Å²) in [5.41, 5.74) is -0.650. The maximum atomic E-state index is 12.7. The van der Waals surface area contributed by atoms with Gasteiger partial charge in [-0.15, -0.1) is 0 Å². The molecule has 2 aromatic rings. The normalized spacial score (nSPS) is 12.7. The first kappa shape index (κ1) is 21.3. The van der Waals surface area contributed by atoms with Crippen LogP contribution in [-0.2, 0) is 10.9 Å². The minimum Gasteiger partial charge on any atom is -0.478 e. The molecule has 0 fully saturated rings. The molecule has 0 aromatic heterocycles. The average molecular weight is 423 g/mol. The summed E-state index contributed by atoms with van der Waals surface area (Å²) < 4.78 is 48.8. The van der Waals surface area contributed by atoms with Crippen LogP contribution in [0.15, 0.2) is 30.3 Å². The van der Waals surface area contributed by atoms with Gasteiger partial charge in [0.25, 0.3) is 0 Å². The highest BCUT2D eigenvalue weighted by atomic mass is 35.5. The number of hydrogen-bond acceptors (Lipinski definition) is 3. The van der Waals surface area contributed by atoms with Crippen molar-refractivity contribution in [1.82, 2.24) is 0 Å². The minimum absolute atomic E-state index is 0.0397. The van der Waals surface area contributed by atoms with Gasteiger partial charge in [0.15, 0.2) is 0 Å². The van der Waals surface area contributed by atoms with Crippen molar-refractivity contribution in [1.29, 1.82) is 0 Å². The van der Waals surface area contributed by atoms with Crippen LogP contribution in [0.25, 0.3) is 0 Å². The molecule has 0 radical (unpaired) electrons. The van der Waals surface area contributed by atoms with Crippen LogP contribution in [0.4, 0.5) is 13.2 Å². The van der Waals surface area contributed by atoms with Crippen LogP contribution < -0.4 is 4.74 Å². The van der Waals surface area contributed by atoms with Gasteiger partial charge in [0.1, 0.15) is 11.5 Å². The molecule has 0 aliphatic rings. The van der Waals surface area contributed by atoms with Crippen LogP contribution in [0, 0.1) is 0 Å². The number of halogens is 5. The Bertz CT molecular complexity index is 853. The molecular weight excluding hydrogens is 408 g/mol. The Hall–Kier alpha value is -1.96. The predicted octanol–water partition coefficient (Wildman–Crippen LogP) is 6.25. The van der Waals surface area contributed by atoms with Gasteiger partial charge in [-0.2, -0.15) is 13.2 Å². The van der Waals surface area contributed by atoms with Crippen molar-refractivity contribution < 1.29 is 32.5 Å². The topological polar surface area (TPSA) is 55.8 Å². The summed E-state index contributed by atoms with van der Waals surface area (Å²) in [6.45, 7) is 2.06. The van der Waals surface area contributed by atoms with Gasteiger partial charge in [-0.1, -0.05) is 30.1 Å². The van der Waals surface area contributed by atoms with E-state index >= 15 is 0 Å². The van der Waals surface area contributed by atoms with Gasteiger partial charge < -0.3 is 14.6 Å². The zero-order chi connectivity index (χ0) is 20.4. The van der Waals surface area contributed by atoms with Gasteiger partial charge in [0.2, 0.25) is 0 Å². The third-order valence-corrected chi connectivity index (χ3v) is 4.46. The number of carbonyl (C=O) groups is 1. The molecule has 9 heteroatoms. The molecule has 0 saturated carbocycles. The van der Waals surface area contributed by atoms with E-state index in [0.717, 1.165) is 18.2 Å². The molecule has 0 saturated heterocycles. The van der Waals surface area contributed by atoms with Gasteiger partial charge in [-0.25, -0.2) is 4.79 Å². The number of methoxy groups -OCH3 is 1. The largest absolute Gasteiger partial charge is 0.478 e. The molecule has 27 heavy (non-hydrogen) atoms. The van der Waals surface area contributed by atoms with E-state index in [1.807, 2.05) is 0 Å². The first-order valence-electron chi connectivity index (χ1n) is 7.64. The standard InChI is InChI=1S/C18H15Cl2F3O4/c1-9(8-26-2)12-6-11(7-13(16(12)20)17(24)25)27-15-4-3-10(5-14(15)19)18(21,22)23/h3-7,9H,8H2,1-2H3,(H,24,25). The minimum atomic E-state index is -4.54. The zero-order valence-electron chi connectivity index (χ0n) is 14.2. The third-order valence-electron chi connectivity index (χ3n) is 3.74. The molecular formula is C18H15Cl2F3O4. The van der Waals surface area contributed by atoms with Crippen molar-refractivity contribution in [3.05, 3.63) is 57.1 Å². The van der Waals surface area contributed by atoms with Crippen molar-refractivity contribution in [3.63, 3.8) is 0 Å². The van der Waals surface area contributed by atoms with Crippen molar-refractivity contribution >= 4 is 29.2 Å². The number of aromatic carboxylic acids is 1. The fourth-order valence-electron chi connectivity index (χ4n) is 2.42. The lowest BCUT2D eigenvalue weighted by atomic mass is 9.99. The first-order valence-corrected chi connectivity index (χ1v) is 8.40.